The summed E-state index contributed by atoms with van der Waals surface area (Å²) in [5.41, 5.74) is 1.30. The molecule has 2 rings (SSSR count). The van der Waals surface area contributed by atoms with Crippen molar-refractivity contribution >= 4 is 5.91 Å². The maximum Gasteiger partial charge on any atom is 0.222 e. The number of nitrogens with one attached hydrogen (secondary N) is 1. The van der Waals surface area contributed by atoms with Crippen LogP contribution < -0.4 is 5.32 Å². The van der Waals surface area contributed by atoms with Gasteiger partial charge in [0.25, 0.3) is 0 Å². The van der Waals surface area contributed by atoms with Crippen LogP contribution in [-0.2, 0) is 16.0 Å². The van der Waals surface area contributed by atoms with Crippen LogP contribution in [0.25, 0.3) is 0 Å². The Morgan fingerprint density at radius 3 is 2.91 bits per heavy atom. The van der Waals surface area contributed by atoms with Crippen molar-refractivity contribution in [1.82, 2.24) is 10.2 Å². The predicted molar refractivity (Wildman–Crippen MR) is 88.9 cm³/mol. The number of nitrogens with zero attached hydrogens (tertiary/aromatic N) is 1. The highest BCUT2D eigenvalue weighted by molar-refractivity contribution is 5.76. The number of piperidine rings is 1. The second-order valence-corrected chi connectivity index (χ2v) is 5.92. The SMILES string of the molecule is CNC1CCCN(C(=O)CCCOCCc2ccccc2)C1. The summed E-state index contributed by atoms with van der Waals surface area (Å²) in [6.07, 6.45) is 4.62. The minimum atomic E-state index is 0.270. The van der Waals surface area contributed by atoms with E-state index in [1.807, 2.05) is 30.1 Å². The van der Waals surface area contributed by atoms with E-state index in [1.165, 1.54) is 12.0 Å². The number of likely N-dealkylation sites (N-methyl/N-ethyl adjacent to an activating group) is 1. The van der Waals surface area contributed by atoms with Crippen LogP contribution in [0.1, 0.15) is 31.2 Å². The predicted octanol–water partition coefficient (Wildman–Crippen LogP) is 2.24. The molecule has 0 bridgehead atoms. The van der Waals surface area contributed by atoms with Gasteiger partial charge in [0, 0.05) is 32.2 Å². The van der Waals surface area contributed by atoms with E-state index < -0.39 is 0 Å². The van der Waals surface area contributed by atoms with Crippen molar-refractivity contribution in [1.29, 1.82) is 0 Å². The molecule has 1 N–H and O–H groups in total. The van der Waals surface area contributed by atoms with Crippen molar-refractivity contribution in [3.63, 3.8) is 0 Å². The van der Waals surface area contributed by atoms with Gasteiger partial charge in [0.15, 0.2) is 0 Å². The van der Waals surface area contributed by atoms with E-state index in [0.717, 1.165) is 39.0 Å². The third kappa shape index (κ3) is 5.78. The molecule has 4 nitrogen and oxygen atoms in total. The number of hydrogen-bond donors (Lipinski definition) is 1. The first-order valence-electron chi connectivity index (χ1n) is 8.36. The molecule has 22 heavy (non-hydrogen) atoms. The summed E-state index contributed by atoms with van der Waals surface area (Å²) in [7, 11) is 1.97. The van der Waals surface area contributed by atoms with Crippen molar-refractivity contribution in [3.05, 3.63) is 35.9 Å². The van der Waals surface area contributed by atoms with Crippen molar-refractivity contribution in [2.45, 2.75) is 38.1 Å². The number of hydrogen-bond acceptors (Lipinski definition) is 3. The molecule has 1 atom stereocenters. The summed E-state index contributed by atoms with van der Waals surface area (Å²) >= 11 is 0. The molecule has 0 saturated carbocycles. The van der Waals surface area contributed by atoms with Gasteiger partial charge >= 0.3 is 0 Å². The zero-order valence-electron chi connectivity index (χ0n) is 13.6. The number of rotatable bonds is 8. The highest BCUT2D eigenvalue weighted by atomic mass is 16.5. The summed E-state index contributed by atoms with van der Waals surface area (Å²) in [4.78, 5) is 14.2. The molecular weight excluding hydrogens is 276 g/mol. The fourth-order valence-electron chi connectivity index (χ4n) is 2.86. The van der Waals surface area contributed by atoms with Gasteiger partial charge in [-0.2, -0.15) is 0 Å². The Kier molecular flexibility index (Phi) is 7.40. The smallest absolute Gasteiger partial charge is 0.222 e. The monoisotopic (exact) mass is 304 g/mol. The molecule has 1 amide bonds. The van der Waals surface area contributed by atoms with Gasteiger partial charge in [-0.3, -0.25) is 4.79 Å². The van der Waals surface area contributed by atoms with Gasteiger partial charge in [-0.15, -0.1) is 0 Å². The lowest BCUT2D eigenvalue weighted by atomic mass is 10.1. The Labute approximate surface area is 133 Å². The highest BCUT2D eigenvalue weighted by Crippen LogP contribution is 2.11. The van der Waals surface area contributed by atoms with Gasteiger partial charge in [0.2, 0.25) is 5.91 Å². The lowest BCUT2D eigenvalue weighted by Gasteiger charge is -2.32. The van der Waals surface area contributed by atoms with E-state index in [2.05, 4.69) is 17.4 Å². The van der Waals surface area contributed by atoms with Gasteiger partial charge in [-0.1, -0.05) is 30.3 Å². The maximum absolute atomic E-state index is 12.2. The zero-order valence-corrected chi connectivity index (χ0v) is 13.6. The van der Waals surface area contributed by atoms with Crippen LogP contribution in [0, 0.1) is 0 Å². The molecule has 1 unspecified atom stereocenters. The van der Waals surface area contributed by atoms with Gasteiger partial charge in [0.1, 0.15) is 0 Å². The van der Waals surface area contributed by atoms with Crippen LogP contribution >= 0.6 is 0 Å². The zero-order chi connectivity index (χ0) is 15.6. The van der Waals surface area contributed by atoms with E-state index in [9.17, 15) is 4.79 Å². The third-order valence-corrected chi connectivity index (χ3v) is 4.24. The summed E-state index contributed by atoms with van der Waals surface area (Å²) in [6, 6.07) is 10.8. The average molecular weight is 304 g/mol. The fraction of sp³-hybridized carbons (Fsp3) is 0.611. The molecule has 1 aliphatic rings. The average Bonchev–Trinajstić information content (AvgIpc) is 2.58. The molecule has 0 aromatic heterocycles. The van der Waals surface area contributed by atoms with Crippen LogP contribution in [0.4, 0.5) is 0 Å². The van der Waals surface area contributed by atoms with Crippen molar-refractivity contribution < 1.29 is 9.53 Å². The first-order chi connectivity index (χ1) is 10.8. The van der Waals surface area contributed by atoms with Gasteiger partial charge < -0.3 is 15.0 Å². The molecule has 1 saturated heterocycles. The van der Waals surface area contributed by atoms with E-state index in [4.69, 9.17) is 4.74 Å². The van der Waals surface area contributed by atoms with Crippen LogP contribution in [-0.4, -0.2) is 50.2 Å². The quantitative estimate of drug-likeness (QED) is 0.749. The molecule has 1 aromatic carbocycles. The van der Waals surface area contributed by atoms with Crippen molar-refractivity contribution in [3.8, 4) is 0 Å². The summed E-state index contributed by atoms with van der Waals surface area (Å²) in [5, 5.41) is 3.27. The second-order valence-electron chi connectivity index (χ2n) is 5.92. The van der Waals surface area contributed by atoms with Crippen molar-refractivity contribution in [2.24, 2.45) is 0 Å². The normalized spacial score (nSPS) is 18.4. The standard InChI is InChI=1S/C18H28N2O2/c1-19-17-9-5-12-20(15-17)18(21)10-6-13-22-14-11-16-7-3-2-4-8-16/h2-4,7-8,17,19H,5-6,9-15H2,1H3. The number of ether oxygens (including phenoxy) is 1. The summed E-state index contributed by atoms with van der Waals surface area (Å²) < 4.78 is 5.63. The minimum absolute atomic E-state index is 0.270. The Balaban J connectivity index is 1.53. The number of benzene rings is 1. The van der Waals surface area contributed by atoms with Crippen LogP contribution in [0.15, 0.2) is 30.3 Å². The topological polar surface area (TPSA) is 41.6 Å². The molecule has 4 heteroatoms. The van der Waals surface area contributed by atoms with Crippen LogP contribution in [0.5, 0.6) is 0 Å². The largest absolute Gasteiger partial charge is 0.381 e. The second kappa shape index (κ2) is 9.59. The molecule has 0 aliphatic carbocycles. The first-order valence-corrected chi connectivity index (χ1v) is 8.36. The Morgan fingerprint density at radius 1 is 1.32 bits per heavy atom. The number of carbonyl (C=O) groups excluding carboxylic acids is 1. The molecule has 1 fully saturated rings. The Bertz CT molecular complexity index is 436. The van der Waals surface area contributed by atoms with Crippen molar-refractivity contribution in [2.75, 3.05) is 33.4 Å². The molecule has 122 valence electrons. The fourth-order valence-corrected chi connectivity index (χ4v) is 2.86. The number of likely N-dealkylation sites (tertiary alicyclic amines) is 1. The molecule has 0 spiro atoms. The number of amides is 1. The first kappa shape index (κ1) is 17.0. The summed E-state index contributed by atoms with van der Waals surface area (Å²) in [6.45, 7) is 3.15. The molecule has 0 radical (unpaired) electrons. The van der Waals surface area contributed by atoms with Crippen LogP contribution in [0.3, 0.4) is 0 Å². The lowest BCUT2D eigenvalue weighted by Crippen LogP contribution is -2.46. The van der Waals surface area contributed by atoms with E-state index in [-0.39, 0.29) is 5.91 Å². The molecular formula is C18H28N2O2. The van der Waals surface area contributed by atoms with Gasteiger partial charge in [-0.05, 0) is 38.3 Å². The number of carbonyl (C=O) groups is 1. The Hall–Kier alpha value is -1.39. The highest BCUT2D eigenvalue weighted by Gasteiger charge is 2.21. The minimum Gasteiger partial charge on any atom is -0.381 e. The third-order valence-electron chi connectivity index (χ3n) is 4.24. The van der Waals surface area contributed by atoms with E-state index in [1.54, 1.807) is 0 Å². The van der Waals surface area contributed by atoms with Crippen LogP contribution in [0.2, 0.25) is 0 Å². The molecule has 1 aromatic rings. The van der Waals surface area contributed by atoms with E-state index >= 15 is 0 Å². The van der Waals surface area contributed by atoms with E-state index in [0.29, 0.717) is 19.1 Å². The molecule has 1 heterocycles. The lowest BCUT2D eigenvalue weighted by molar-refractivity contribution is -0.132. The van der Waals surface area contributed by atoms with Gasteiger partial charge in [0.05, 0.1) is 6.61 Å². The molecule has 1 aliphatic heterocycles. The Morgan fingerprint density at radius 2 is 2.14 bits per heavy atom. The van der Waals surface area contributed by atoms with Gasteiger partial charge in [-0.25, -0.2) is 0 Å². The summed E-state index contributed by atoms with van der Waals surface area (Å²) in [5.74, 6) is 0.270. The maximum atomic E-state index is 12.2.